The number of hydrogen-bond acceptors (Lipinski definition) is 6. The summed E-state index contributed by atoms with van der Waals surface area (Å²) < 4.78 is 5.36. The van der Waals surface area contributed by atoms with Crippen LogP contribution in [0.4, 0.5) is 0 Å². The molecule has 1 aliphatic rings. The topological polar surface area (TPSA) is 67.1 Å². The fourth-order valence-electron chi connectivity index (χ4n) is 2.27. The van der Waals surface area contributed by atoms with Crippen molar-refractivity contribution in [3.8, 4) is 11.6 Å². The first kappa shape index (κ1) is 12.3. The average Bonchev–Trinajstić information content (AvgIpc) is 2.89. The van der Waals surface area contributed by atoms with E-state index in [1.165, 1.54) is 0 Å². The molecule has 3 rings (SSSR count). The van der Waals surface area contributed by atoms with Crippen LogP contribution in [0.25, 0.3) is 11.6 Å². The predicted molar refractivity (Wildman–Crippen MR) is 70.5 cm³/mol. The lowest BCUT2D eigenvalue weighted by molar-refractivity contribution is 0.190. The molecule has 1 atom stereocenters. The standard InChI is InChI=1S/C13H17N5O/c1-9-4-3-5-15-11(9)13-16-12(17-19-13)10-8-14-6-7-18(10)2/h3-5,10,14H,6-8H2,1-2H3. The molecule has 6 nitrogen and oxygen atoms in total. The van der Waals surface area contributed by atoms with Gasteiger partial charge in [-0.05, 0) is 25.6 Å². The number of nitrogens with one attached hydrogen (secondary N) is 1. The molecule has 0 aromatic carbocycles. The maximum atomic E-state index is 5.36. The van der Waals surface area contributed by atoms with Gasteiger partial charge in [0.25, 0.3) is 5.89 Å². The van der Waals surface area contributed by atoms with Gasteiger partial charge >= 0.3 is 0 Å². The second kappa shape index (κ2) is 5.07. The summed E-state index contributed by atoms with van der Waals surface area (Å²) in [7, 11) is 2.08. The zero-order valence-corrected chi connectivity index (χ0v) is 11.1. The monoisotopic (exact) mass is 259 g/mol. The lowest BCUT2D eigenvalue weighted by Gasteiger charge is -2.30. The smallest absolute Gasteiger partial charge is 0.276 e. The van der Waals surface area contributed by atoms with Crippen LogP contribution in [0.1, 0.15) is 17.4 Å². The van der Waals surface area contributed by atoms with E-state index in [1.807, 2.05) is 19.1 Å². The second-order valence-corrected chi connectivity index (χ2v) is 4.83. The molecule has 2 aromatic rings. The van der Waals surface area contributed by atoms with Crippen LogP contribution in [0, 0.1) is 6.92 Å². The van der Waals surface area contributed by atoms with Crippen LogP contribution in [0.15, 0.2) is 22.9 Å². The molecule has 1 unspecified atom stereocenters. The van der Waals surface area contributed by atoms with Gasteiger partial charge in [-0.25, -0.2) is 0 Å². The molecule has 19 heavy (non-hydrogen) atoms. The van der Waals surface area contributed by atoms with Gasteiger partial charge in [-0.2, -0.15) is 4.98 Å². The number of rotatable bonds is 2. The van der Waals surface area contributed by atoms with Gasteiger partial charge in [-0.1, -0.05) is 11.2 Å². The molecule has 0 aliphatic carbocycles. The van der Waals surface area contributed by atoms with Gasteiger partial charge < -0.3 is 9.84 Å². The Kier molecular flexibility index (Phi) is 3.27. The highest BCUT2D eigenvalue weighted by Crippen LogP contribution is 2.23. The maximum absolute atomic E-state index is 5.36. The van der Waals surface area contributed by atoms with Crippen molar-refractivity contribution >= 4 is 0 Å². The third kappa shape index (κ3) is 2.36. The lowest BCUT2D eigenvalue weighted by Crippen LogP contribution is -2.44. The number of likely N-dealkylation sites (N-methyl/N-ethyl adjacent to an activating group) is 1. The Morgan fingerprint density at radius 3 is 3.16 bits per heavy atom. The first-order valence-corrected chi connectivity index (χ1v) is 6.42. The number of pyridine rings is 1. The van der Waals surface area contributed by atoms with E-state index in [2.05, 4.69) is 32.4 Å². The first-order valence-electron chi connectivity index (χ1n) is 6.42. The van der Waals surface area contributed by atoms with Crippen molar-refractivity contribution in [1.29, 1.82) is 0 Å². The Balaban J connectivity index is 1.89. The minimum Gasteiger partial charge on any atom is -0.332 e. The Hall–Kier alpha value is -1.79. The van der Waals surface area contributed by atoms with Gasteiger partial charge in [0.15, 0.2) is 5.82 Å². The van der Waals surface area contributed by atoms with E-state index in [-0.39, 0.29) is 6.04 Å². The molecule has 1 saturated heterocycles. The van der Waals surface area contributed by atoms with Crippen LogP contribution in [-0.4, -0.2) is 46.7 Å². The first-order chi connectivity index (χ1) is 9.25. The number of hydrogen-bond donors (Lipinski definition) is 1. The van der Waals surface area contributed by atoms with Gasteiger partial charge in [0.1, 0.15) is 5.69 Å². The van der Waals surface area contributed by atoms with Gasteiger partial charge in [-0.15, -0.1) is 0 Å². The molecule has 0 saturated carbocycles. The molecule has 1 N–H and O–H groups in total. The van der Waals surface area contributed by atoms with Crippen LogP contribution in [0.3, 0.4) is 0 Å². The van der Waals surface area contributed by atoms with Crippen molar-refractivity contribution in [2.75, 3.05) is 26.7 Å². The van der Waals surface area contributed by atoms with Crippen LogP contribution in [0.2, 0.25) is 0 Å². The molecule has 1 aliphatic heterocycles. The van der Waals surface area contributed by atoms with Gasteiger partial charge in [0.05, 0.1) is 6.04 Å². The molecule has 2 aromatic heterocycles. The van der Waals surface area contributed by atoms with E-state index in [9.17, 15) is 0 Å². The van der Waals surface area contributed by atoms with E-state index >= 15 is 0 Å². The summed E-state index contributed by atoms with van der Waals surface area (Å²) in [6.07, 6.45) is 1.74. The Morgan fingerprint density at radius 1 is 1.47 bits per heavy atom. The quantitative estimate of drug-likeness (QED) is 0.868. The normalized spacial score (nSPS) is 20.6. The van der Waals surface area contributed by atoms with E-state index < -0.39 is 0 Å². The largest absolute Gasteiger partial charge is 0.332 e. The molecule has 0 bridgehead atoms. The molecule has 100 valence electrons. The summed E-state index contributed by atoms with van der Waals surface area (Å²) in [6.45, 7) is 4.81. The van der Waals surface area contributed by atoms with Gasteiger partial charge in [0, 0.05) is 25.8 Å². The highest BCUT2D eigenvalue weighted by Gasteiger charge is 2.25. The lowest BCUT2D eigenvalue weighted by atomic mass is 10.2. The van der Waals surface area contributed by atoms with Crippen molar-refractivity contribution in [1.82, 2.24) is 25.3 Å². The van der Waals surface area contributed by atoms with Gasteiger partial charge in [0.2, 0.25) is 0 Å². The minimum absolute atomic E-state index is 0.162. The summed E-state index contributed by atoms with van der Waals surface area (Å²) in [4.78, 5) is 11.0. The highest BCUT2D eigenvalue weighted by molar-refractivity contribution is 5.51. The number of aryl methyl sites for hydroxylation is 1. The number of aromatic nitrogens is 3. The molecule has 6 heteroatoms. The van der Waals surface area contributed by atoms with Crippen LogP contribution >= 0.6 is 0 Å². The fourth-order valence-corrected chi connectivity index (χ4v) is 2.27. The highest BCUT2D eigenvalue weighted by atomic mass is 16.5. The Labute approximate surface area is 111 Å². The van der Waals surface area contributed by atoms with Crippen molar-refractivity contribution in [2.24, 2.45) is 0 Å². The summed E-state index contributed by atoms with van der Waals surface area (Å²) in [5, 5.41) is 7.45. The average molecular weight is 259 g/mol. The van der Waals surface area contributed by atoms with E-state index in [4.69, 9.17) is 4.52 Å². The fraction of sp³-hybridized carbons (Fsp3) is 0.462. The summed E-state index contributed by atoms with van der Waals surface area (Å²) in [5.74, 6) is 1.21. The number of piperazine rings is 1. The third-order valence-corrected chi connectivity index (χ3v) is 3.46. The van der Waals surface area contributed by atoms with E-state index in [0.29, 0.717) is 5.89 Å². The van der Waals surface area contributed by atoms with Crippen LogP contribution < -0.4 is 5.32 Å². The van der Waals surface area contributed by atoms with Crippen molar-refractivity contribution < 1.29 is 4.52 Å². The number of nitrogens with zero attached hydrogens (tertiary/aromatic N) is 4. The zero-order valence-electron chi connectivity index (χ0n) is 11.1. The Bertz CT molecular complexity index is 568. The van der Waals surface area contributed by atoms with Gasteiger partial charge in [-0.3, -0.25) is 9.88 Å². The molecule has 0 spiro atoms. The van der Waals surface area contributed by atoms with Crippen molar-refractivity contribution in [3.05, 3.63) is 29.7 Å². The van der Waals surface area contributed by atoms with Crippen molar-refractivity contribution in [2.45, 2.75) is 13.0 Å². The maximum Gasteiger partial charge on any atom is 0.276 e. The molecular formula is C13H17N5O. The molecule has 0 amide bonds. The molecule has 3 heterocycles. The molecular weight excluding hydrogens is 242 g/mol. The molecule has 0 radical (unpaired) electrons. The van der Waals surface area contributed by atoms with Crippen molar-refractivity contribution in [3.63, 3.8) is 0 Å². The summed E-state index contributed by atoms with van der Waals surface area (Å²) in [5.41, 5.74) is 1.79. The Morgan fingerprint density at radius 2 is 2.37 bits per heavy atom. The zero-order chi connectivity index (χ0) is 13.2. The summed E-state index contributed by atoms with van der Waals surface area (Å²) >= 11 is 0. The molecule has 1 fully saturated rings. The van der Waals surface area contributed by atoms with Crippen LogP contribution in [0.5, 0.6) is 0 Å². The van der Waals surface area contributed by atoms with Crippen LogP contribution in [-0.2, 0) is 0 Å². The SMILES string of the molecule is Cc1cccnc1-c1nc(C2CNCCN2C)no1. The summed E-state index contributed by atoms with van der Waals surface area (Å²) in [6, 6.07) is 4.05. The van der Waals surface area contributed by atoms with E-state index in [1.54, 1.807) is 6.20 Å². The van der Waals surface area contributed by atoms with E-state index in [0.717, 1.165) is 36.7 Å². The minimum atomic E-state index is 0.162. The predicted octanol–water partition coefficient (Wildman–Crippen LogP) is 1.02. The second-order valence-electron chi connectivity index (χ2n) is 4.83. The third-order valence-electron chi connectivity index (χ3n) is 3.46.